The molecular weight excluding hydrogens is 829 g/mol. The number of phenols is 1. The number of hydrogen-bond acceptors (Lipinski definition) is 14. The van der Waals surface area contributed by atoms with Gasteiger partial charge in [-0.25, -0.2) is 8.42 Å². The number of ether oxygens (including phenoxy) is 1. The molecule has 0 saturated carbocycles. The van der Waals surface area contributed by atoms with Gasteiger partial charge in [0.05, 0.1) is 34.4 Å². The minimum Gasteiger partial charge on any atom is -0.505 e. The van der Waals surface area contributed by atoms with Gasteiger partial charge in [0, 0.05) is 35.5 Å². The quantitative estimate of drug-likeness (QED) is 0.0816. The highest BCUT2D eigenvalue weighted by Crippen LogP contribution is 2.46. The summed E-state index contributed by atoms with van der Waals surface area (Å²) in [6.45, 7) is 4.33. The minimum absolute atomic E-state index is 0.0552. The van der Waals surface area contributed by atoms with Gasteiger partial charge in [0.2, 0.25) is 0 Å². The zero-order valence-corrected chi connectivity index (χ0v) is 32.9. The van der Waals surface area contributed by atoms with Crippen molar-refractivity contribution in [3.8, 4) is 5.75 Å². The first kappa shape index (κ1) is 41.7. The first-order valence-corrected chi connectivity index (χ1v) is 22.8. The number of phenolic OH excluding ortho intramolecular Hbond substituents is 1. The summed E-state index contributed by atoms with van der Waals surface area (Å²) in [5.74, 6) is -2.13. The molecule has 302 valence electrons. The molecule has 57 heavy (non-hydrogen) atoms. The molecule has 1 aliphatic heterocycles. The summed E-state index contributed by atoms with van der Waals surface area (Å²) in [4.78, 5) is 12.2. The molecule has 5 aromatic carbocycles. The number of anilines is 1. The average molecular weight is 863 g/mol. The van der Waals surface area contributed by atoms with Crippen LogP contribution in [0.2, 0.25) is 0 Å². The summed E-state index contributed by atoms with van der Waals surface area (Å²) in [7, 11) is -19.4. The van der Waals surface area contributed by atoms with Gasteiger partial charge in [0.1, 0.15) is 21.2 Å². The van der Waals surface area contributed by atoms with Crippen LogP contribution >= 0.6 is 0 Å². The second kappa shape index (κ2) is 15.8. The van der Waals surface area contributed by atoms with Crippen molar-refractivity contribution in [2.45, 2.75) is 39.0 Å². The van der Waals surface area contributed by atoms with Gasteiger partial charge in [-0.1, -0.05) is 30.3 Å². The minimum atomic E-state index is -5.33. The van der Waals surface area contributed by atoms with Gasteiger partial charge in [0.15, 0.2) is 15.6 Å². The van der Waals surface area contributed by atoms with E-state index in [1.807, 2.05) is 6.92 Å². The fourth-order valence-corrected chi connectivity index (χ4v) is 9.85. The van der Waals surface area contributed by atoms with Crippen LogP contribution in [0, 0.1) is 0 Å². The molecule has 1 fully saturated rings. The van der Waals surface area contributed by atoms with Crippen LogP contribution in [-0.4, -0.2) is 101 Å². The van der Waals surface area contributed by atoms with Crippen molar-refractivity contribution in [3.05, 3.63) is 84.4 Å². The number of hydrogen-bond donors (Lipinski definition) is 5. The van der Waals surface area contributed by atoms with E-state index in [-0.39, 0.29) is 33.0 Å². The second-order valence-corrected chi connectivity index (χ2v) is 19.3. The van der Waals surface area contributed by atoms with E-state index in [0.717, 1.165) is 30.3 Å². The number of azo groups is 1. The number of carbonyl (C=O) groups is 1. The Morgan fingerprint density at radius 1 is 0.789 bits per heavy atom. The number of nitrogens with one attached hydrogen (secondary N) is 1. The van der Waals surface area contributed by atoms with E-state index < -0.39 is 94.4 Å². The van der Waals surface area contributed by atoms with E-state index in [0.29, 0.717) is 38.8 Å². The maximum absolute atomic E-state index is 13.3. The monoisotopic (exact) mass is 862 g/mol. The lowest BCUT2D eigenvalue weighted by Crippen LogP contribution is -2.42. The molecule has 0 bridgehead atoms. The predicted molar refractivity (Wildman–Crippen MR) is 206 cm³/mol. The third-order valence-corrected chi connectivity index (χ3v) is 13.6. The molecule has 6 rings (SSSR count). The lowest BCUT2D eigenvalue weighted by atomic mass is 10.1. The van der Waals surface area contributed by atoms with Crippen molar-refractivity contribution in [1.82, 2.24) is 4.90 Å². The lowest BCUT2D eigenvalue weighted by molar-refractivity contribution is 0.0197. The lowest BCUT2D eigenvalue weighted by Gasteiger charge is -2.32. The summed E-state index contributed by atoms with van der Waals surface area (Å²) < 4.78 is 137. The highest BCUT2D eigenvalue weighted by Gasteiger charge is 2.28. The van der Waals surface area contributed by atoms with Crippen LogP contribution in [-0.2, 0) is 44.9 Å². The van der Waals surface area contributed by atoms with Crippen LogP contribution in [0.5, 0.6) is 5.75 Å². The smallest absolute Gasteiger partial charge is 0.297 e. The molecule has 1 atom stereocenters. The second-order valence-electron chi connectivity index (χ2n) is 13.0. The van der Waals surface area contributed by atoms with Crippen molar-refractivity contribution in [1.29, 1.82) is 0 Å². The summed E-state index contributed by atoms with van der Waals surface area (Å²) in [6, 6.07) is 15.4. The molecule has 0 aliphatic carbocycles. The zero-order chi connectivity index (χ0) is 41.5. The number of nitrogens with zero attached hydrogens (tertiary/aromatic N) is 3. The molecule has 5 N–H and O–H groups in total. The topological polar surface area (TPSA) is 284 Å². The standard InChI is InChI=1S/C35H34N4O14S4/c1-21(39-12-14-53-15-13-39)11-16-54(42,43)25-8-9-27-23(17-25)7-10-28(34(27)57(50,51)52)37-38-32-30(56(47,48)49)19-24-18-26(55(44,45)46)20-29(31(24)33(32)40)36-35(41)22-5-3-2-4-6-22/h2-10,17-21,40H,11-16H2,1H3,(H,36,41)(H,44,45,46)(H,47,48,49)(H,50,51,52). The molecule has 1 saturated heterocycles. The van der Waals surface area contributed by atoms with Gasteiger partial charge in [-0.15, -0.1) is 10.2 Å². The normalized spacial score (nSPS) is 15.3. The predicted octanol–water partition coefficient (Wildman–Crippen LogP) is 4.99. The van der Waals surface area contributed by atoms with Crippen LogP contribution in [0.25, 0.3) is 21.5 Å². The molecule has 18 nitrogen and oxygen atoms in total. The Labute approximate surface area is 327 Å². The van der Waals surface area contributed by atoms with E-state index in [1.165, 1.54) is 36.4 Å². The summed E-state index contributed by atoms with van der Waals surface area (Å²) >= 11 is 0. The SMILES string of the molecule is CC(CCS(=O)(=O)c1ccc2c(S(=O)(=O)O)c(N=Nc3c(S(=O)(=O)O)cc4cc(S(=O)(=O)O)cc(NC(=O)c5ccccc5)c4c3O)ccc2c1)N1CCOCC1. The highest BCUT2D eigenvalue weighted by atomic mass is 32.2. The molecule has 1 aliphatic rings. The van der Waals surface area contributed by atoms with E-state index in [1.54, 1.807) is 6.07 Å². The summed E-state index contributed by atoms with van der Waals surface area (Å²) in [5.41, 5.74) is -2.00. The Bertz CT molecular complexity index is 2900. The van der Waals surface area contributed by atoms with E-state index in [9.17, 15) is 57.2 Å². The summed E-state index contributed by atoms with van der Waals surface area (Å²) in [5, 5.41) is 20.4. The number of carbonyl (C=O) groups excluding carboxylic acids is 1. The van der Waals surface area contributed by atoms with E-state index >= 15 is 0 Å². The largest absolute Gasteiger partial charge is 0.505 e. The number of fused-ring (bicyclic) bond motifs is 2. The molecule has 0 spiro atoms. The van der Waals surface area contributed by atoms with Crippen molar-refractivity contribution in [3.63, 3.8) is 0 Å². The number of sulfone groups is 1. The Morgan fingerprint density at radius 2 is 1.46 bits per heavy atom. The van der Waals surface area contributed by atoms with E-state index in [2.05, 4.69) is 20.4 Å². The molecule has 22 heteroatoms. The van der Waals surface area contributed by atoms with Gasteiger partial charge in [-0.05, 0) is 72.6 Å². The zero-order valence-electron chi connectivity index (χ0n) is 29.7. The van der Waals surface area contributed by atoms with Crippen LogP contribution < -0.4 is 5.32 Å². The molecule has 1 amide bonds. The third kappa shape index (κ3) is 9.14. The Balaban J connectivity index is 1.45. The van der Waals surface area contributed by atoms with Crippen molar-refractivity contribution in [2.24, 2.45) is 10.2 Å². The number of benzene rings is 5. The molecule has 0 aromatic heterocycles. The highest BCUT2D eigenvalue weighted by molar-refractivity contribution is 7.91. The van der Waals surface area contributed by atoms with Gasteiger partial charge in [-0.3, -0.25) is 23.4 Å². The van der Waals surface area contributed by atoms with Crippen molar-refractivity contribution >= 4 is 84.7 Å². The van der Waals surface area contributed by atoms with Crippen LogP contribution in [0.15, 0.2) is 109 Å². The number of morpholine rings is 1. The average Bonchev–Trinajstić information content (AvgIpc) is 3.15. The molecular formula is C35H34N4O14S4. The Kier molecular flexibility index (Phi) is 11.6. The van der Waals surface area contributed by atoms with E-state index in [4.69, 9.17) is 4.74 Å². The van der Waals surface area contributed by atoms with Crippen molar-refractivity contribution < 1.29 is 62.0 Å². The maximum Gasteiger partial charge on any atom is 0.297 e. The van der Waals surface area contributed by atoms with Crippen molar-refractivity contribution in [2.75, 3.05) is 37.4 Å². The Morgan fingerprint density at radius 3 is 2.09 bits per heavy atom. The Hall–Kier alpha value is -4.91. The van der Waals surface area contributed by atoms with Gasteiger partial charge >= 0.3 is 0 Å². The molecule has 5 aromatic rings. The fourth-order valence-electron chi connectivity index (χ4n) is 6.34. The number of rotatable bonds is 12. The van der Waals surface area contributed by atoms with Crippen LogP contribution in [0.3, 0.4) is 0 Å². The third-order valence-electron chi connectivity index (χ3n) is 9.25. The maximum atomic E-state index is 13.3. The van der Waals surface area contributed by atoms with Crippen LogP contribution in [0.1, 0.15) is 23.7 Å². The molecule has 1 unspecified atom stereocenters. The number of amides is 1. The summed E-state index contributed by atoms with van der Waals surface area (Å²) in [6.07, 6.45) is 0.311. The first-order valence-electron chi connectivity index (χ1n) is 16.8. The number of aromatic hydroxyl groups is 1. The molecule has 0 radical (unpaired) electrons. The van der Waals surface area contributed by atoms with Gasteiger partial charge < -0.3 is 15.2 Å². The first-order chi connectivity index (χ1) is 26.6. The molecule has 1 heterocycles. The van der Waals surface area contributed by atoms with Gasteiger partial charge in [0.25, 0.3) is 36.3 Å². The van der Waals surface area contributed by atoms with Crippen LogP contribution in [0.4, 0.5) is 17.1 Å². The van der Waals surface area contributed by atoms with Gasteiger partial charge in [-0.2, -0.15) is 25.3 Å². The fraction of sp³-hybridized carbons (Fsp3) is 0.229.